The Balaban J connectivity index is 1.55. The monoisotopic (exact) mass is 421 g/mol. The van der Waals surface area contributed by atoms with Crippen molar-refractivity contribution < 1.29 is 9.18 Å². The number of amides is 1. The van der Waals surface area contributed by atoms with Crippen LogP contribution in [0.1, 0.15) is 24.4 Å². The van der Waals surface area contributed by atoms with E-state index in [1.54, 1.807) is 27.7 Å². The van der Waals surface area contributed by atoms with Crippen molar-refractivity contribution in [3.63, 3.8) is 0 Å². The molecule has 5 nitrogen and oxygen atoms in total. The standard InChI is InChI=1S/C20H18Cl2FN3O2/c21-13-3-4-18-17(10-13)24-20(28)26(18)16-2-1-5-25(11-16)19(27)8-12-6-14(22)9-15(23)7-12/h3-4,6-7,9-10,16H,1-2,5,8,11H2,(H,24,28)/t16-/m0/s1. The Morgan fingerprint density at radius 3 is 2.79 bits per heavy atom. The highest BCUT2D eigenvalue weighted by molar-refractivity contribution is 6.31. The Kier molecular flexibility index (Phi) is 5.17. The van der Waals surface area contributed by atoms with Crippen molar-refractivity contribution >= 4 is 40.1 Å². The summed E-state index contributed by atoms with van der Waals surface area (Å²) >= 11 is 11.9. The minimum atomic E-state index is -0.462. The van der Waals surface area contributed by atoms with E-state index in [4.69, 9.17) is 23.2 Å². The maximum atomic E-state index is 13.5. The van der Waals surface area contributed by atoms with Crippen LogP contribution in [-0.2, 0) is 11.2 Å². The van der Waals surface area contributed by atoms with Gasteiger partial charge in [0.15, 0.2) is 0 Å². The van der Waals surface area contributed by atoms with Crippen LogP contribution in [0.3, 0.4) is 0 Å². The first-order valence-corrected chi connectivity index (χ1v) is 9.79. The smallest absolute Gasteiger partial charge is 0.326 e. The van der Waals surface area contributed by atoms with Crippen molar-refractivity contribution in [2.45, 2.75) is 25.3 Å². The first-order valence-electron chi connectivity index (χ1n) is 9.03. The highest BCUT2D eigenvalue weighted by Crippen LogP contribution is 2.26. The van der Waals surface area contributed by atoms with Crippen LogP contribution in [0.2, 0.25) is 10.0 Å². The SMILES string of the molecule is O=C(Cc1cc(F)cc(Cl)c1)N1CCC[C@H](n2c(=O)[nH]c3cc(Cl)ccc32)C1. The lowest BCUT2D eigenvalue weighted by atomic mass is 10.0. The summed E-state index contributed by atoms with van der Waals surface area (Å²) in [6.45, 7) is 1.04. The van der Waals surface area contributed by atoms with Crippen LogP contribution >= 0.6 is 23.2 Å². The lowest BCUT2D eigenvalue weighted by Crippen LogP contribution is -2.43. The van der Waals surface area contributed by atoms with E-state index in [0.29, 0.717) is 29.2 Å². The number of benzene rings is 2. The third kappa shape index (κ3) is 3.80. The van der Waals surface area contributed by atoms with Crippen molar-refractivity contribution in [1.29, 1.82) is 0 Å². The number of halogens is 3. The molecule has 0 unspecified atom stereocenters. The van der Waals surface area contributed by atoms with Gasteiger partial charge in [0.2, 0.25) is 5.91 Å². The van der Waals surface area contributed by atoms with Gasteiger partial charge in [-0.1, -0.05) is 23.2 Å². The highest BCUT2D eigenvalue weighted by atomic mass is 35.5. The first-order chi connectivity index (χ1) is 13.4. The molecular formula is C20H18Cl2FN3O2. The largest absolute Gasteiger partial charge is 0.340 e. The minimum absolute atomic E-state index is 0.0720. The van der Waals surface area contributed by atoms with Gasteiger partial charge in [0.25, 0.3) is 0 Å². The molecule has 28 heavy (non-hydrogen) atoms. The molecule has 1 N–H and O–H groups in total. The Morgan fingerprint density at radius 1 is 1.18 bits per heavy atom. The number of hydrogen-bond donors (Lipinski definition) is 1. The molecule has 0 saturated carbocycles. The van der Waals surface area contributed by atoms with Gasteiger partial charge in [0.05, 0.1) is 23.5 Å². The van der Waals surface area contributed by atoms with Gasteiger partial charge in [0.1, 0.15) is 5.82 Å². The lowest BCUT2D eigenvalue weighted by Gasteiger charge is -2.33. The fraction of sp³-hybridized carbons (Fsp3) is 0.300. The summed E-state index contributed by atoms with van der Waals surface area (Å²) in [6.07, 6.45) is 1.65. The van der Waals surface area contributed by atoms with Gasteiger partial charge in [-0.05, 0) is 54.8 Å². The van der Waals surface area contributed by atoms with Crippen LogP contribution in [0.25, 0.3) is 11.0 Å². The molecule has 2 aromatic carbocycles. The summed E-state index contributed by atoms with van der Waals surface area (Å²) in [7, 11) is 0. The number of aromatic nitrogens is 2. The second-order valence-corrected chi connectivity index (χ2v) is 7.92. The van der Waals surface area contributed by atoms with Crippen LogP contribution in [0, 0.1) is 5.82 Å². The number of hydrogen-bond acceptors (Lipinski definition) is 2. The minimum Gasteiger partial charge on any atom is -0.340 e. The highest BCUT2D eigenvalue weighted by Gasteiger charge is 2.27. The fourth-order valence-corrected chi connectivity index (χ4v) is 4.27. The number of H-pyrrole nitrogens is 1. The Morgan fingerprint density at radius 2 is 2.00 bits per heavy atom. The van der Waals surface area contributed by atoms with Crippen molar-refractivity contribution in [3.8, 4) is 0 Å². The number of carbonyl (C=O) groups is 1. The predicted octanol–water partition coefficient (Wildman–Crippen LogP) is 4.18. The molecule has 0 bridgehead atoms. The van der Waals surface area contributed by atoms with Gasteiger partial charge >= 0.3 is 5.69 Å². The molecule has 146 valence electrons. The van der Waals surface area contributed by atoms with E-state index >= 15 is 0 Å². The summed E-state index contributed by atoms with van der Waals surface area (Å²) < 4.78 is 15.2. The summed E-state index contributed by atoms with van der Waals surface area (Å²) in [4.78, 5) is 29.8. The molecule has 4 rings (SSSR count). The van der Waals surface area contributed by atoms with Gasteiger partial charge in [-0.3, -0.25) is 9.36 Å². The van der Waals surface area contributed by atoms with E-state index in [1.165, 1.54) is 12.1 Å². The number of imidazole rings is 1. The van der Waals surface area contributed by atoms with Crippen molar-refractivity contribution in [3.05, 3.63) is 68.3 Å². The number of aromatic amines is 1. The van der Waals surface area contributed by atoms with E-state index in [-0.39, 0.29) is 29.1 Å². The lowest BCUT2D eigenvalue weighted by molar-refractivity contribution is -0.132. The Labute approximate surface area is 170 Å². The molecule has 0 spiro atoms. The molecule has 1 amide bonds. The van der Waals surface area contributed by atoms with Crippen LogP contribution in [-0.4, -0.2) is 33.4 Å². The summed E-state index contributed by atoms with van der Waals surface area (Å²) in [5.41, 5.74) is 1.77. The van der Waals surface area contributed by atoms with Gasteiger partial charge < -0.3 is 9.88 Å². The van der Waals surface area contributed by atoms with Crippen molar-refractivity contribution in [2.24, 2.45) is 0 Å². The van der Waals surface area contributed by atoms with Crippen LogP contribution in [0.5, 0.6) is 0 Å². The zero-order valence-electron chi connectivity index (χ0n) is 14.9. The van der Waals surface area contributed by atoms with Gasteiger partial charge in [0, 0.05) is 23.1 Å². The molecule has 1 aliphatic heterocycles. The number of carbonyl (C=O) groups excluding carboxylic acids is 1. The van der Waals surface area contributed by atoms with Gasteiger partial charge in [-0.2, -0.15) is 0 Å². The number of fused-ring (bicyclic) bond motifs is 1. The molecular weight excluding hydrogens is 404 g/mol. The van der Waals surface area contributed by atoms with Crippen molar-refractivity contribution in [2.75, 3.05) is 13.1 Å². The quantitative estimate of drug-likeness (QED) is 0.689. The molecule has 8 heteroatoms. The molecule has 1 atom stereocenters. The van der Waals surface area contributed by atoms with E-state index in [0.717, 1.165) is 18.4 Å². The number of nitrogens with one attached hydrogen (secondary N) is 1. The number of likely N-dealkylation sites (tertiary alicyclic amines) is 1. The predicted molar refractivity (Wildman–Crippen MR) is 108 cm³/mol. The summed E-state index contributed by atoms with van der Waals surface area (Å²) in [5, 5.41) is 0.818. The maximum absolute atomic E-state index is 13.5. The molecule has 1 saturated heterocycles. The average molecular weight is 422 g/mol. The van der Waals surface area contributed by atoms with Gasteiger partial charge in [-0.25, -0.2) is 9.18 Å². The number of nitrogens with zero attached hydrogens (tertiary/aromatic N) is 2. The van der Waals surface area contributed by atoms with Crippen molar-refractivity contribution in [1.82, 2.24) is 14.5 Å². The first kappa shape index (κ1) is 19.0. The third-order valence-electron chi connectivity index (χ3n) is 5.07. The molecule has 0 aliphatic carbocycles. The number of piperidine rings is 1. The summed E-state index contributed by atoms with van der Waals surface area (Å²) in [6, 6.07) is 9.27. The molecule has 1 fully saturated rings. The van der Waals surface area contributed by atoms with E-state index in [2.05, 4.69) is 4.98 Å². The number of rotatable bonds is 3. The molecule has 1 aliphatic rings. The Bertz CT molecular complexity index is 1090. The Hall–Kier alpha value is -2.31. The average Bonchev–Trinajstić information content (AvgIpc) is 2.95. The normalized spacial score (nSPS) is 17.2. The molecule has 1 aromatic heterocycles. The topological polar surface area (TPSA) is 58.1 Å². The second kappa shape index (κ2) is 7.60. The van der Waals surface area contributed by atoms with Crippen LogP contribution < -0.4 is 5.69 Å². The van der Waals surface area contributed by atoms with Gasteiger partial charge in [-0.15, -0.1) is 0 Å². The van der Waals surface area contributed by atoms with E-state index in [9.17, 15) is 14.0 Å². The second-order valence-electron chi connectivity index (χ2n) is 7.05. The molecule has 2 heterocycles. The third-order valence-corrected chi connectivity index (χ3v) is 5.52. The van der Waals surface area contributed by atoms with Crippen LogP contribution in [0.4, 0.5) is 4.39 Å². The fourth-order valence-electron chi connectivity index (χ4n) is 3.86. The van der Waals surface area contributed by atoms with E-state index in [1.807, 2.05) is 6.07 Å². The zero-order valence-corrected chi connectivity index (χ0v) is 16.4. The summed E-state index contributed by atoms with van der Waals surface area (Å²) in [5.74, 6) is -0.571. The van der Waals surface area contributed by atoms with Crippen LogP contribution in [0.15, 0.2) is 41.2 Å². The maximum Gasteiger partial charge on any atom is 0.326 e. The zero-order chi connectivity index (χ0) is 19.8. The molecule has 0 radical (unpaired) electrons. The molecule has 3 aromatic rings. The van der Waals surface area contributed by atoms with E-state index < -0.39 is 5.82 Å².